The molecule has 1 atom stereocenters. The minimum absolute atomic E-state index is 0.0696. The molecule has 1 amide bonds. The predicted octanol–water partition coefficient (Wildman–Crippen LogP) is 1.88. The first-order chi connectivity index (χ1) is 10.6. The fraction of sp³-hybridized carbons (Fsp3) is 0.529. The summed E-state index contributed by atoms with van der Waals surface area (Å²) in [6.07, 6.45) is 2.10. The maximum atomic E-state index is 11.4. The summed E-state index contributed by atoms with van der Waals surface area (Å²) >= 11 is 0. The SMILES string of the molecule is O=C(O)CCC(=O)NCC[C@@H]1CCN(Cc2ccccc2)C1. The number of nitrogens with zero attached hydrogens (tertiary/aromatic N) is 1. The Labute approximate surface area is 131 Å². The molecule has 120 valence electrons. The number of amides is 1. The summed E-state index contributed by atoms with van der Waals surface area (Å²) in [6, 6.07) is 10.5. The Morgan fingerprint density at radius 1 is 1.23 bits per heavy atom. The number of carbonyl (C=O) groups is 2. The maximum absolute atomic E-state index is 11.4. The second-order valence-corrected chi connectivity index (χ2v) is 5.91. The van der Waals surface area contributed by atoms with Crippen molar-refractivity contribution >= 4 is 11.9 Å². The molecule has 2 N–H and O–H groups in total. The number of rotatable bonds is 8. The lowest BCUT2D eigenvalue weighted by atomic mass is 10.1. The lowest BCUT2D eigenvalue weighted by Crippen LogP contribution is -2.27. The van der Waals surface area contributed by atoms with E-state index in [1.807, 2.05) is 6.07 Å². The van der Waals surface area contributed by atoms with E-state index in [1.54, 1.807) is 0 Å². The van der Waals surface area contributed by atoms with Crippen LogP contribution in [0.5, 0.6) is 0 Å². The van der Waals surface area contributed by atoms with Crippen LogP contribution in [-0.4, -0.2) is 41.5 Å². The van der Waals surface area contributed by atoms with Crippen molar-refractivity contribution in [3.63, 3.8) is 0 Å². The van der Waals surface area contributed by atoms with Crippen molar-refractivity contribution in [1.82, 2.24) is 10.2 Å². The Bertz CT molecular complexity index is 490. The number of hydrogen-bond acceptors (Lipinski definition) is 3. The second kappa shape index (κ2) is 8.54. The van der Waals surface area contributed by atoms with Gasteiger partial charge in [0.05, 0.1) is 6.42 Å². The van der Waals surface area contributed by atoms with Gasteiger partial charge < -0.3 is 10.4 Å². The van der Waals surface area contributed by atoms with Gasteiger partial charge in [-0.15, -0.1) is 0 Å². The molecule has 1 aromatic rings. The zero-order valence-electron chi connectivity index (χ0n) is 12.8. The summed E-state index contributed by atoms with van der Waals surface area (Å²) < 4.78 is 0. The number of aliphatic carboxylic acids is 1. The van der Waals surface area contributed by atoms with Gasteiger partial charge in [-0.05, 0) is 30.9 Å². The number of carboxylic acid groups (broad SMARTS) is 1. The Morgan fingerprint density at radius 3 is 2.73 bits per heavy atom. The Hall–Kier alpha value is -1.88. The standard InChI is InChI=1S/C17H24N2O3/c20-16(6-7-17(21)22)18-10-8-15-9-11-19(13-15)12-14-4-2-1-3-5-14/h1-5,15H,6-13H2,(H,18,20)(H,21,22)/t15-/m1/s1. The van der Waals surface area contributed by atoms with E-state index in [1.165, 1.54) is 5.56 Å². The second-order valence-electron chi connectivity index (χ2n) is 5.91. The largest absolute Gasteiger partial charge is 0.481 e. The van der Waals surface area contributed by atoms with Crippen LogP contribution in [0.25, 0.3) is 0 Å². The molecule has 1 heterocycles. The van der Waals surface area contributed by atoms with Crippen molar-refractivity contribution in [3.8, 4) is 0 Å². The Balaban J connectivity index is 1.60. The number of carbonyl (C=O) groups excluding carboxylic acids is 1. The highest BCUT2D eigenvalue weighted by molar-refractivity contribution is 5.80. The predicted molar refractivity (Wildman–Crippen MR) is 84.3 cm³/mol. The van der Waals surface area contributed by atoms with Crippen LogP contribution in [0.1, 0.15) is 31.2 Å². The van der Waals surface area contributed by atoms with Gasteiger partial charge in [-0.3, -0.25) is 14.5 Å². The van der Waals surface area contributed by atoms with E-state index < -0.39 is 5.97 Å². The molecule has 1 aliphatic rings. The summed E-state index contributed by atoms with van der Waals surface area (Å²) in [5.74, 6) is -0.479. The van der Waals surface area contributed by atoms with Crippen molar-refractivity contribution < 1.29 is 14.7 Å². The minimum atomic E-state index is -0.928. The molecule has 1 aliphatic heterocycles. The molecular formula is C17H24N2O3. The zero-order valence-corrected chi connectivity index (χ0v) is 12.8. The summed E-state index contributed by atoms with van der Waals surface area (Å²) in [4.78, 5) is 24.3. The van der Waals surface area contributed by atoms with Gasteiger partial charge in [-0.1, -0.05) is 30.3 Å². The lowest BCUT2D eigenvalue weighted by molar-refractivity contribution is -0.138. The Morgan fingerprint density at radius 2 is 2.00 bits per heavy atom. The normalized spacial score (nSPS) is 18.3. The third-order valence-corrected chi connectivity index (χ3v) is 4.06. The highest BCUT2D eigenvalue weighted by atomic mass is 16.4. The first kappa shape index (κ1) is 16.5. The van der Waals surface area contributed by atoms with Gasteiger partial charge in [-0.2, -0.15) is 0 Å². The highest BCUT2D eigenvalue weighted by Crippen LogP contribution is 2.20. The van der Waals surface area contributed by atoms with Crippen LogP contribution in [0.3, 0.4) is 0 Å². The van der Waals surface area contributed by atoms with Gasteiger partial charge in [0.2, 0.25) is 5.91 Å². The average Bonchev–Trinajstić information content (AvgIpc) is 2.93. The lowest BCUT2D eigenvalue weighted by Gasteiger charge is -2.16. The van der Waals surface area contributed by atoms with E-state index in [0.29, 0.717) is 12.5 Å². The summed E-state index contributed by atoms with van der Waals surface area (Å²) in [7, 11) is 0. The smallest absolute Gasteiger partial charge is 0.303 e. The Kier molecular flexibility index (Phi) is 6.40. The van der Waals surface area contributed by atoms with Crippen molar-refractivity contribution in [1.29, 1.82) is 0 Å². The van der Waals surface area contributed by atoms with Gasteiger partial charge >= 0.3 is 5.97 Å². The molecule has 0 saturated carbocycles. The maximum Gasteiger partial charge on any atom is 0.303 e. The van der Waals surface area contributed by atoms with Gasteiger partial charge in [0.25, 0.3) is 0 Å². The number of nitrogens with one attached hydrogen (secondary N) is 1. The van der Waals surface area contributed by atoms with Crippen LogP contribution >= 0.6 is 0 Å². The average molecular weight is 304 g/mol. The van der Waals surface area contributed by atoms with Crippen molar-refractivity contribution in [2.75, 3.05) is 19.6 Å². The fourth-order valence-corrected chi connectivity index (χ4v) is 2.86. The molecule has 0 radical (unpaired) electrons. The third-order valence-electron chi connectivity index (χ3n) is 4.06. The topological polar surface area (TPSA) is 69.6 Å². The molecule has 0 unspecified atom stereocenters. The van der Waals surface area contributed by atoms with Crippen LogP contribution in [0.4, 0.5) is 0 Å². The van der Waals surface area contributed by atoms with E-state index in [0.717, 1.165) is 32.5 Å². The molecule has 0 aromatic heterocycles. The van der Waals surface area contributed by atoms with Gasteiger partial charge in [0.1, 0.15) is 0 Å². The van der Waals surface area contributed by atoms with Gasteiger partial charge in [-0.25, -0.2) is 0 Å². The fourth-order valence-electron chi connectivity index (χ4n) is 2.86. The highest BCUT2D eigenvalue weighted by Gasteiger charge is 2.22. The molecule has 0 aliphatic carbocycles. The minimum Gasteiger partial charge on any atom is -0.481 e. The molecular weight excluding hydrogens is 280 g/mol. The molecule has 1 fully saturated rings. The van der Waals surface area contributed by atoms with E-state index in [-0.39, 0.29) is 18.7 Å². The number of benzene rings is 1. The van der Waals surface area contributed by atoms with E-state index in [4.69, 9.17) is 5.11 Å². The van der Waals surface area contributed by atoms with Crippen LogP contribution in [-0.2, 0) is 16.1 Å². The van der Waals surface area contributed by atoms with Gasteiger partial charge in [0, 0.05) is 26.1 Å². The number of likely N-dealkylation sites (tertiary alicyclic amines) is 1. The van der Waals surface area contributed by atoms with E-state index in [9.17, 15) is 9.59 Å². The van der Waals surface area contributed by atoms with Crippen LogP contribution in [0.2, 0.25) is 0 Å². The summed E-state index contributed by atoms with van der Waals surface area (Å²) in [5.41, 5.74) is 1.34. The first-order valence-corrected chi connectivity index (χ1v) is 7.88. The number of carboxylic acids is 1. The quantitative estimate of drug-likeness (QED) is 0.769. The van der Waals surface area contributed by atoms with Crippen molar-refractivity contribution in [2.45, 2.75) is 32.2 Å². The monoisotopic (exact) mass is 304 g/mol. The van der Waals surface area contributed by atoms with Gasteiger partial charge in [0.15, 0.2) is 0 Å². The van der Waals surface area contributed by atoms with Crippen LogP contribution in [0.15, 0.2) is 30.3 Å². The van der Waals surface area contributed by atoms with Crippen LogP contribution < -0.4 is 5.32 Å². The van der Waals surface area contributed by atoms with Crippen molar-refractivity contribution in [2.24, 2.45) is 5.92 Å². The summed E-state index contributed by atoms with van der Waals surface area (Å²) in [6.45, 7) is 3.80. The van der Waals surface area contributed by atoms with Crippen molar-refractivity contribution in [3.05, 3.63) is 35.9 Å². The van der Waals surface area contributed by atoms with E-state index in [2.05, 4.69) is 34.5 Å². The molecule has 0 bridgehead atoms. The molecule has 22 heavy (non-hydrogen) atoms. The molecule has 0 spiro atoms. The van der Waals surface area contributed by atoms with E-state index >= 15 is 0 Å². The number of hydrogen-bond donors (Lipinski definition) is 2. The summed E-state index contributed by atoms with van der Waals surface area (Å²) in [5, 5.41) is 11.3. The molecule has 5 heteroatoms. The van der Waals surface area contributed by atoms with Crippen LogP contribution in [0, 0.1) is 5.92 Å². The third kappa shape index (κ3) is 5.85. The zero-order chi connectivity index (χ0) is 15.8. The molecule has 1 saturated heterocycles. The molecule has 5 nitrogen and oxygen atoms in total. The molecule has 1 aromatic carbocycles. The first-order valence-electron chi connectivity index (χ1n) is 7.88. The molecule has 2 rings (SSSR count).